The summed E-state index contributed by atoms with van der Waals surface area (Å²) in [5.41, 5.74) is 4.49. The number of carbonyl (C=O) groups is 2. The molecular weight excluding hydrogens is 442 g/mol. The van der Waals surface area contributed by atoms with E-state index in [1.54, 1.807) is 13.0 Å². The number of ether oxygens (including phenoxy) is 2. The van der Waals surface area contributed by atoms with E-state index in [0.29, 0.717) is 9.75 Å². The molecule has 0 saturated heterocycles. The lowest BCUT2D eigenvalue weighted by atomic mass is 9.98. The summed E-state index contributed by atoms with van der Waals surface area (Å²) in [4.78, 5) is 24.8. The molecule has 0 fully saturated rings. The van der Waals surface area contributed by atoms with Crippen molar-refractivity contribution in [2.75, 3.05) is 19.8 Å². The minimum atomic E-state index is -1.26. The third-order valence-electron chi connectivity index (χ3n) is 5.56. The van der Waals surface area contributed by atoms with Gasteiger partial charge in [-0.2, -0.15) is 0 Å². The van der Waals surface area contributed by atoms with Crippen LogP contribution in [0.4, 0.5) is 4.79 Å². The topological polar surface area (TPSA) is 105 Å². The summed E-state index contributed by atoms with van der Waals surface area (Å²) in [7, 11) is 0. The average molecular weight is 468 g/mol. The standard InChI is InChI=1S/C25H25NO6S/c1-2-31-24(29)22-12-11-21(33-22)23(28)20(27)13-26-25(30)32-14-19-17-9-5-3-7-15(17)16-8-4-6-10-18(16)19/h3-12,19-20,23,27-28H,2,13-14H2,1H3,(H,26,30). The Kier molecular flexibility index (Phi) is 7.08. The molecule has 4 rings (SSSR count). The van der Waals surface area contributed by atoms with E-state index in [4.69, 9.17) is 9.47 Å². The Labute approximate surface area is 195 Å². The average Bonchev–Trinajstić information content (AvgIpc) is 3.44. The van der Waals surface area contributed by atoms with E-state index in [9.17, 15) is 19.8 Å². The van der Waals surface area contributed by atoms with Crippen molar-refractivity contribution < 1.29 is 29.3 Å². The maximum atomic E-state index is 12.3. The van der Waals surface area contributed by atoms with Gasteiger partial charge in [0.15, 0.2) is 0 Å². The summed E-state index contributed by atoms with van der Waals surface area (Å²) >= 11 is 1.04. The van der Waals surface area contributed by atoms with Crippen LogP contribution in [0.5, 0.6) is 0 Å². The fourth-order valence-corrected chi connectivity index (χ4v) is 4.91. The van der Waals surface area contributed by atoms with Crippen molar-refractivity contribution in [1.29, 1.82) is 0 Å². The predicted octanol–water partition coefficient (Wildman–Crippen LogP) is 3.86. The quantitative estimate of drug-likeness (QED) is 0.435. The SMILES string of the molecule is CCOC(=O)c1ccc(C(O)C(O)CNC(=O)OCC2c3ccccc3-c3ccccc32)s1. The maximum absolute atomic E-state index is 12.3. The van der Waals surface area contributed by atoms with Gasteiger partial charge in [-0.15, -0.1) is 11.3 Å². The number of carbonyl (C=O) groups excluding carboxylic acids is 2. The summed E-state index contributed by atoms with van der Waals surface area (Å²) in [5, 5.41) is 23.1. The van der Waals surface area contributed by atoms with Crippen LogP contribution in [0.25, 0.3) is 11.1 Å². The smallest absolute Gasteiger partial charge is 0.407 e. The summed E-state index contributed by atoms with van der Waals surface area (Å²) in [6.45, 7) is 1.91. The predicted molar refractivity (Wildman–Crippen MR) is 124 cm³/mol. The minimum absolute atomic E-state index is 0.0638. The normalized spacial score (nSPS) is 14.2. The molecule has 1 aliphatic carbocycles. The number of hydrogen-bond donors (Lipinski definition) is 3. The fourth-order valence-electron chi connectivity index (χ4n) is 3.96. The fraction of sp³-hybridized carbons (Fsp3) is 0.280. The number of aliphatic hydroxyl groups is 2. The zero-order valence-electron chi connectivity index (χ0n) is 18.1. The molecule has 1 amide bonds. The molecule has 0 radical (unpaired) electrons. The number of esters is 1. The van der Waals surface area contributed by atoms with Gasteiger partial charge in [-0.3, -0.25) is 0 Å². The van der Waals surface area contributed by atoms with Crippen molar-refractivity contribution in [3.8, 4) is 11.1 Å². The van der Waals surface area contributed by atoms with Gasteiger partial charge in [-0.1, -0.05) is 48.5 Å². The van der Waals surface area contributed by atoms with E-state index >= 15 is 0 Å². The molecule has 0 aliphatic heterocycles. The minimum Gasteiger partial charge on any atom is -0.462 e. The summed E-state index contributed by atoms with van der Waals surface area (Å²) in [6, 6.07) is 19.2. The first-order valence-electron chi connectivity index (χ1n) is 10.7. The van der Waals surface area contributed by atoms with E-state index in [1.807, 2.05) is 36.4 Å². The van der Waals surface area contributed by atoms with Crippen molar-refractivity contribution in [2.24, 2.45) is 0 Å². The Balaban J connectivity index is 1.31. The van der Waals surface area contributed by atoms with Gasteiger partial charge in [0.1, 0.15) is 23.7 Å². The molecule has 1 aromatic heterocycles. The van der Waals surface area contributed by atoms with Crippen molar-refractivity contribution in [3.05, 3.63) is 81.5 Å². The van der Waals surface area contributed by atoms with Crippen LogP contribution in [0.15, 0.2) is 60.7 Å². The number of hydrogen-bond acceptors (Lipinski definition) is 7. The van der Waals surface area contributed by atoms with Crippen LogP contribution in [-0.4, -0.2) is 48.1 Å². The molecule has 0 spiro atoms. The third-order valence-corrected chi connectivity index (χ3v) is 6.69. The van der Waals surface area contributed by atoms with E-state index in [1.165, 1.54) is 6.07 Å². The highest BCUT2D eigenvalue weighted by molar-refractivity contribution is 7.14. The lowest BCUT2D eigenvalue weighted by Gasteiger charge is -2.18. The molecule has 1 heterocycles. The Bertz CT molecular complexity index is 1100. The van der Waals surface area contributed by atoms with E-state index < -0.39 is 24.3 Å². The van der Waals surface area contributed by atoms with Gasteiger partial charge in [-0.05, 0) is 41.3 Å². The second kappa shape index (κ2) is 10.2. The molecule has 1 aliphatic rings. The van der Waals surface area contributed by atoms with Crippen LogP contribution in [0.3, 0.4) is 0 Å². The van der Waals surface area contributed by atoms with Crippen LogP contribution in [0.2, 0.25) is 0 Å². The molecule has 7 nitrogen and oxygen atoms in total. The number of benzene rings is 2. The molecule has 33 heavy (non-hydrogen) atoms. The lowest BCUT2D eigenvalue weighted by Crippen LogP contribution is -2.36. The monoisotopic (exact) mass is 467 g/mol. The number of nitrogens with one attached hydrogen (secondary N) is 1. The molecule has 0 saturated carbocycles. The van der Waals surface area contributed by atoms with E-state index in [2.05, 4.69) is 17.4 Å². The number of alkyl carbamates (subject to hydrolysis) is 1. The molecule has 2 atom stereocenters. The van der Waals surface area contributed by atoms with Gasteiger partial charge in [-0.25, -0.2) is 9.59 Å². The first-order valence-corrected chi connectivity index (χ1v) is 11.5. The van der Waals surface area contributed by atoms with Gasteiger partial charge in [0, 0.05) is 17.3 Å². The highest BCUT2D eigenvalue weighted by Gasteiger charge is 2.29. The largest absolute Gasteiger partial charge is 0.462 e. The van der Waals surface area contributed by atoms with Crippen LogP contribution in [-0.2, 0) is 9.47 Å². The number of amides is 1. The van der Waals surface area contributed by atoms with Gasteiger partial charge >= 0.3 is 12.1 Å². The third kappa shape index (κ3) is 4.93. The first-order chi connectivity index (χ1) is 16.0. The molecule has 3 aromatic rings. The summed E-state index contributed by atoms with van der Waals surface area (Å²) < 4.78 is 10.4. The van der Waals surface area contributed by atoms with Gasteiger partial charge in [0.25, 0.3) is 0 Å². The van der Waals surface area contributed by atoms with Gasteiger partial charge in [0.2, 0.25) is 0 Å². The zero-order chi connectivity index (χ0) is 23.4. The Morgan fingerprint density at radius 1 is 0.970 bits per heavy atom. The van der Waals surface area contributed by atoms with Crippen molar-refractivity contribution in [2.45, 2.75) is 25.0 Å². The number of fused-ring (bicyclic) bond motifs is 3. The highest BCUT2D eigenvalue weighted by Crippen LogP contribution is 2.44. The van der Waals surface area contributed by atoms with E-state index in [-0.39, 0.29) is 25.7 Å². The summed E-state index contributed by atoms with van der Waals surface area (Å²) in [5.74, 6) is -0.543. The Morgan fingerprint density at radius 3 is 2.24 bits per heavy atom. The Morgan fingerprint density at radius 2 is 1.61 bits per heavy atom. The summed E-state index contributed by atoms with van der Waals surface area (Å²) in [6.07, 6.45) is -3.20. The second-order valence-corrected chi connectivity index (χ2v) is 8.76. The van der Waals surface area contributed by atoms with Crippen LogP contribution in [0.1, 0.15) is 44.6 Å². The molecule has 2 unspecified atom stereocenters. The molecule has 0 bridgehead atoms. The van der Waals surface area contributed by atoms with Crippen molar-refractivity contribution in [3.63, 3.8) is 0 Å². The molecule has 3 N–H and O–H groups in total. The number of rotatable bonds is 8. The zero-order valence-corrected chi connectivity index (χ0v) is 18.9. The Hall–Kier alpha value is -3.20. The molecular formula is C25H25NO6S. The van der Waals surface area contributed by atoms with Crippen molar-refractivity contribution >= 4 is 23.4 Å². The highest BCUT2D eigenvalue weighted by atomic mass is 32.1. The number of aliphatic hydroxyl groups excluding tert-OH is 2. The second-order valence-electron chi connectivity index (χ2n) is 7.64. The molecule has 8 heteroatoms. The van der Waals surface area contributed by atoms with Crippen LogP contribution < -0.4 is 5.32 Å². The van der Waals surface area contributed by atoms with Crippen LogP contribution in [0, 0.1) is 0 Å². The lowest BCUT2D eigenvalue weighted by molar-refractivity contribution is 0.0206. The first kappa shape index (κ1) is 23.0. The maximum Gasteiger partial charge on any atom is 0.407 e. The van der Waals surface area contributed by atoms with Gasteiger partial charge < -0.3 is 25.0 Å². The molecule has 2 aromatic carbocycles. The van der Waals surface area contributed by atoms with Crippen LogP contribution >= 0.6 is 11.3 Å². The number of thiophene rings is 1. The van der Waals surface area contributed by atoms with Crippen molar-refractivity contribution in [1.82, 2.24) is 5.32 Å². The van der Waals surface area contributed by atoms with E-state index in [0.717, 1.165) is 33.6 Å². The van der Waals surface area contributed by atoms with Gasteiger partial charge in [0.05, 0.1) is 6.61 Å². The molecule has 172 valence electrons.